The first kappa shape index (κ1) is 13.0. The van der Waals surface area contributed by atoms with Gasteiger partial charge in [0.15, 0.2) is 12.0 Å². The molecule has 6 heteroatoms. The van der Waals surface area contributed by atoms with E-state index in [-0.39, 0.29) is 5.69 Å². The Balaban J connectivity index is 2.31. The number of benzene rings is 1. The molecule has 0 spiro atoms. The maximum Gasteiger partial charge on any atom is 0.356 e. The van der Waals surface area contributed by atoms with Crippen molar-refractivity contribution in [3.05, 3.63) is 53.5 Å². The summed E-state index contributed by atoms with van der Waals surface area (Å²) in [5.41, 5.74) is 2.41. The number of fused-ring (bicyclic) bond motifs is 1. The lowest BCUT2D eigenvalue weighted by molar-refractivity contribution is 0.0690. The number of aldehydes is 1. The minimum absolute atomic E-state index is 0.0241. The zero-order valence-corrected chi connectivity index (χ0v) is 11.1. The molecule has 0 amide bonds. The van der Waals surface area contributed by atoms with Crippen molar-refractivity contribution in [2.24, 2.45) is 0 Å². The summed E-state index contributed by atoms with van der Waals surface area (Å²) in [4.78, 5) is 26.3. The van der Waals surface area contributed by atoms with Gasteiger partial charge in [-0.2, -0.15) is 5.10 Å². The SMILES string of the molecule is Cc1cc(C(=O)O)nn1-c1ccc(C=O)c2ncccc12. The number of aromatic carboxylic acids is 1. The van der Waals surface area contributed by atoms with Crippen LogP contribution in [0.3, 0.4) is 0 Å². The van der Waals surface area contributed by atoms with Crippen LogP contribution in [-0.2, 0) is 0 Å². The number of hydrogen-bond acceptors (Lipinski definition) is 4. The van der Waals surface area contributed by atoms with Gasteiger partial charge in [0.05, 0.1) is 11.2 Å². The third-order valence-corrected chi connectivity index (χ3v) is 3.24. The minimum Gasteiger partial charge on any atom is -0.476 e. The van der Waals surface area contributed by atoms with Crippen molar-refractivity contribution >= 4 is 23.2 Å². The van der Waals surface area contributed by atoms with Crippen LogP contribution in [0.25, 0.3) is 16.6 Å². The molecule has 0 aliphatic heterocycles. The van der Waals surface area contributed by atoms with Crippen LogP contribution in [0.4, 0.5) is 0 Å². The predicted molar refractivity (Wildman–Crippen MR) is 75.9 cm³/mol. The van der Waals surface area contributed by atoms with Gasteiger partial charge in [0.25, 0.3) is 0 Å². The van der Waals surface area contributed by atoms with Crippen LogP contribution in [0.2, 0.25) is 0 Å². The standard InChI is InChI=1S/C15H11N3O3/c1-9-7-12(15(20)21)17-18(9)13-5-4-10(8-19)14-11(13)3-2-6-16-14/h2-8H,1H3,(H,20,21). The minimum atomic E-state index is -1.08. The summed E-state index contributed by atoms with van der Waals surface area (Å²) in [6, 6.07) is 8.47. The molecule has 0 saturated carbocycles. The molecule has 2 aromatic heterocycles. The maximum absolute atomic E-state index is 11.1. The fourth-order valence-electron chi connectivity index (χ4n) is 2.28. The highest BCUT2D eigenvalue weighted by Gasteiger charge is 2.14. The number of hydrogen-bond donors (Lipinski definition) is 1. The quantitative estimate of drug-likeness (QED) is 0.744. The first-order chi connectivity index (χ1) is 10.1. The summed E-state index contributed by atoms with van der Waals surface area (Å²) in [6.45, 7) is 1.77. The lowest BCUT2D eigenvalue weighted by Crippen LogP contribution is -2.04. The van der Waals surface area contributed by atoms with E-state index < -0.39 is 5.97 Å². The Morgan fingerprint density at radius 3 is 2.81 bits per heavy atom. The molecule has 0 unspecified atom stereocenters. The van der Waals surface area contributed by atoms with E-state index in [0.717, 1.165) is 11.7 Å². The van der Waals surface area contributed by atoms with E-state index in [0.29, 0.717) is 22.5 Å². The van der Waals surface area contributed by atoms with E-state index in [1.807, 2.05) is 6.07 Å². The first-order valence-corrected chi connectivity index (χ1v) is 6.25. The topological polar surface area (TPSA) is 85.1 Å². The zero-order valence-electron chi connectivity index (χ0n) is 11.1. The van der Waals surface area contributed by atoms with Crippen molar-refractivity contribution in [1.82, 2.24) is 14.8 Å². The first-order valence-electron chi connectivity index (χ1n) is 6.25. The molecule has 3 aromatic rings. The molecule has 1 N–H and O–H groups in total. The second kappa shape index (κ2) is 4.82. The molecule has 104 valence electrons. The maximum atomic E-state index is 11.1. The Labute approximate surface area is 119 Å². The number of carboxylic acid groups (broad SMARTS) is 1. The van der Waals surface area contributed by atoms with Crippen molar-refractivity contribution in [1.29, 1.82) is 0 Å². The summed E-state index contributed by atoms with van der Waals surface area (Å²) >= 11 is 0. The Bertz CT molecular complexity index is 868. The van der Waals surface area contributed by atoms with Gasteiger partial charge in [-0.05, 0) is 37.3 Å². The van der Waals surface area contributed by atoms with E-state index in [1.165, 1.54) is 6.07 Å². The third kappa shape index (κ3) is 2.06. The molecule has 0 atom stereocenters. The normalized spacial score (nSPS) is 10.7. The van der Waals surface area contributed by atoms with Gasteiger partial charge in [0.1, 0.15) is 0 Å². The number of aryl methyl sites for hydroxylation is 1. The molecule has 3 rings (SSSR count). The summed E-state index contributed by atoms with van der Waals surface area (Å²) in [5.74, 6) is -1.08. The summed E-state index contributed by atoms with van der Waals surface area (Å²) in [7, 11) is 0. The lowest BCUT2D eigenvalue weighted by Gasteiger charge is -2.09. The smallest absolute Gasteiger partial charge is 0.356 e. The van der Waals surface area contributed by atoms with Crippen LogP contribution in [0.5, 0.6) is 0 Å². The monoisotopic (exact) mass is 281 g/mol. The van der Waals surface area contributed by atoms with Gasteiger partial charge in [-0.1, -0.05) is 0 Å². The average molecular weight is 281 g/mol. The number of carbonyl (C=O) groups is 2. The van der Waals surface area contributed by atoms with Gasteiger partial charge < -0.3 is 5.11 Å². The molecular formula is C15H11N3O3. The van der Waals surface area contributed by atoms with E-state index >= 15 is 0 Å². The highest BCUT2D eigenvalue weighted by molar-refractivity contribution is 5.99. The Morgan fingerprint density at radius 2 is 2.14 bits per heavy atom. The highest BCUT2D eigenvalue weighted by atomic mass is 16.4. The lowest BCUT2D eigenvalue weighted by atomic mass is 10.1. The Hall–Kier alpha value is -3.02. The second-order valence-electron chi connectivity index (χ2n) is 4.58. The number of aromatic nitrogens is 3. The highest BCUT2D eigenvalue weighted by Crippen LogP contribution is 2.24. The fraction of sp³-hybridized carbons (Fsp3) is 0.0667. The molecule has 0 bridgehead atoms. The Morgan fingerprint density at radius 1 is 1.33 bits per heavy atom. The van der Waals surface area contributed by atoms with Crippen LogP contribution < -0.4 is 0 Å². The number of nitrogens with zero attached hydrogens (tertiary/aromatic N) is 3. The molecule has 0 radical (unpaired) electrons. The molecule has 0 fully saturated rings. The van der Waals surface area contributed by atoms with Crippen molar-refractivity contribution < 1.29 is 14.7 Å². The van der Waals surface area contributed by atoms with Gasteiger partial charge >= 0.3 is 5.97 Å². The summed E-state index contributed by atoms with van der Waals surface area (Å²) < 4.78 is 1.54. The van der Waals surface area contributed by atoms with Gasteiger partial charge in [0, 0.05) is 22.8 Å². The van der Waals surface area contributed by atoms with E-state index in [4.69, 9.17) is 5.11 Å². The van der Waals surface area contributed by atoms with Gasteiger partial charge in [0.2, 0.25) is 0 Å². The average Bonchev–Trinajstić information content (AvgIpc) is 2.88. The summed E-state index contributed by atoms with van der Waals surface area (Å²) in [6.07, 6.45) is 2.36. The molecule has 21 heavy (non-hydrogen) atoms. The van der Waals surface area contributed by atoms with Crippen molar-refractivity contribution in [2.75, 3.05) is 0 Å². The third-order valence-electron chi connectivity index (χ3n) is 3.24. The molecule has 0 saturated heterocycles. The summed E-state index contributed by atoms with van der Waals surface area (Å²) in [5, 5.41) is 13.9. The predicted octanol–water partition coefficient (Wildman–Crippen LogP) is 2.24. The van der Waals surface area contributed by atoms with Crippen molar-refractivity contribution in [3.63, 3.8) is 0 Å². The van der Waals surface area contributed by atoms with Crippen molar-refractivity contribution in [2.45, 2.75) is 6.92 Å². The molecule has 0 aliphatic carbocycles. The molecule has 0 aliphatic rings. The zero-order chi connectivity index (χ0) is 15.0. The van der Waals surface area contributed by atoms with E-state index in [2.05, 4.69) is 10.1 Å². The number of pyridine rings is 1. The van der Waals surface area contributed by atoms with Crippen LogP contribution in [-0.4, -0.2) is 32.1 Å². The van der Waals surface area contributed by atoms with Crippen molar-refractivity contribution in [3.8, 4) is 5.69 Å². The van der Waals surface area contributed by atoms with E-state index in [9.17, 15) is 9.59 Å². The van der Waals surface area contributed by atoms with Gasteiger partial charge in [-0.3, -0.25) is 9.78 Å². The molecule has 2 heterocycles. The fourth-order valence-corrected chi connectivity index (χ4v) is 2.28. The van der Waals surface area contributed by atoms with Crippen LogP contribution in [0, 0.1) is 6.92 Å². The van der Waals surface area contributed by atoms with E-state index in [1.54, 1.807) is 36.0 Å². The Kier molecular flexibility index (Phi) is 2.98. The number of carboxylic acids is 1. The molecule has 6 nitrogen and oxygen atoms in total. The van der Waals surface area contributed by atoms with Gasteiger partial charge in [-0.15, -0.1) is 0 Å². The second-order valence-corrected chi connectivity index (χ2v) is 4.58. The largest absolute Gasteiger partial charge is 0.476 e. The number of rotatable bonds is 3. The van der Waals surface area contributed by atoms with Crippen LogP contribution in [0.1, 0.15) is 26.5 Å². The van der Waals surface area contributed by atoms with Crippen LogP contribution >= 0.6 is 0 Å². The molecule has 1 aromatic carbocycles. The molecular weight excluding hydrogens is 270 g/mol. The number of carbonyl (C=O) groups excluding carboxylic acids is 1. The van der Waals surface area contributed by atoms with Gasteiger partial charge in [-0.25, -0.2) is 9.48 Å². The van der Waals surface area contributed by atoms with Crippen LogP contribution in [0.15, 0.2) is 36.5 Å².